The molecular weight excluding hydrogens is 236 g/mol. The van der Waals surface area contributed by atoms with Gasteiger partial charge in [-0.05, 0) is 32.9 Å². The maximum Gasteiger partial charge on any atom is 0.413 e. The topological polar surface area (TPSA) is 88.5 Å². The predicted molar refractivity (Wildman–Crippen MR) is 65.4 cm³/mol. The van der Waals surface area contributed by atoms with Crippen molar-refractivity contribution in [1.29, 1.82) is 0 Å². The maximum atomic E-state index is 11.5. The van der Waals surface area contributed by atoms with Gasteiger partial charge in [-0.1, -0.05) is 6.07 Å². The van der Waals surface area contributed by atoms with Crippen molar-refractivity contribution in [1.82, 2.24) is 4.98 Å². The Hall–Kier alpha value is -2.11. The van der Waals surface area contributed by atoms with Crippen LogP contribution in [0.15, 0.2) is 18.2 Å². The number of rotatable bonds is 3. The van der Waals surface area contributed by atoms with E-state index in [-0.39, 0.29) is 12.2 Å². The van der Waals surface area contributed by atoms with Gasteiger partial charge in [0.2, 0.25) is 0 Å². The molecule has 0 unspecified atom stereocenters. The fourth-order valence-corrected chi connectivity index (χ4v) is 1.21. The smallest absolute Gasteiger partial charge is 0.413 e. The van der Waals surface area contributed by atoms with Gasteiger partial charge < -0.3 is 9.84 Å². The summed E-state index contributed by atoms with van der Waals surface area (Å²) in [5, 5.41) is 11.1. The summed E-state index contributed by atoms with van der Waals surface area (Å²) < 4.78 is 5.06. The van der Waals surface area contributed by atoms with Crippen molar-refractivity contribution in [2.75, 3.05) is 5.32 Å². The molecule has 0 aliphatic heterocycles. The van der Waals surface area contributed by atoms with Gasteiger partial charge in [-0.3, -0.25) is 10.1 Å². The number of nitrogens with zero attached hydrogens (tertiary/aromatic N) is 1. The number of hydrogen-bond donors (Lipinski definition) is 2. The number of pyridine rings is 1. The van der Waals surface area contributed by atoms with Crippen molar-refractivity contribution in [2.24, 2.45) is 0 Å². The largest absolute Gasteiger partial charge is 0.481 e. The molecule has 1 heterocycles. The molecule has 0 radical (unpaired) electrons. The fraction of sp³-hybridized carbons (Fsp3) is 0.417. The van der Waals surface area contributed by atoms with E-state index in [2.05, 4.69) is 10.3 Å². The van der Waals surface area contributed by atoms with Crippen LogP contribution in [0.25, 0.3) is 0 Å². The van der Waals surface area contributed by atoms with E-state index in [0.29, 0.717) is 5.69 Å². The summed E-state index contributed by atoms with van der Waals surface area (Å²) in [5.41, 5.74) is -0.223. The molecule has 0 aliphatic carbocycles. The molecule has 1 rings (SSSR count). The first-order valence-corrected chi connectivity index (χ1v) is 5.44. The van der Waals surface area contributed by atoms with E-state index in [1.165, 1.54) is 0 Å². The third-order valence-electron chi connectivity index (χ3n) is 1.77. The second kappa shape index (κ2) is 5.48. The Morgan fingerprint density at radius 2 is 2.06 bits per heavy atom. The standard InChI is InChI=1S/C12H16N2O4/c1-12(2,3)18-11(17)14-9-6-4-5-8(13-9)7-10(15)16/h4-6H,7H2,1-3H3,(H,15,16)(H,13,14,17). The number of ether oxygens (including phenoxy) is 1. The van der Waals surface area contributed by atoms with E-state index in [1.54, 1.807) is 39.0 Å². The van der Waals surface area contributed by atoms with Crippen LogP contribution in [0.5, 0.6) is 0 Å². The molecule has 1 amide bonds. The lowest BCUT2D eigenvalue weighted by Gasteiger charge is -2.19. The zero-order valence-electron chi connectivity index (χ0n) is 10.6. The highest BCUT2D eigenvalue weighted by Crippen LogP contribution is 2.10. The van der Waals surface area contributed by atoms with E-state index in [9.17, 15) is 9.59 Å². The van der Waals surface area contributed by atoms with Crippen LogP contribution in [0.2, 0.25) is 0 Å². The highest BCUT2D eigenvalue weighted by molar-refractivity contribution is 5.83. The lowest BCUT2D eigenvalue weighted by molar-refractivity contribution is -0.136. The van der Waals surface area contributed by atoms with Crippen LogP contribution in [0.1, 0.15) is 26.5 Å². The van der Waals surface area contributed by atoms with Crippen LogP contribution in [0, 0.1) is 0 Å². The van der Waals surface area contributed by atoms with Gasteiger partial charge in [-0.15, -0.1) is 0 Å². The lowest BCUT2D eigenvalue weighted by Crippen LogP contribution is -2.27. The minimum atomic E-state index is -0.975. The quantitative estimate of drug-likeness (QED) is 0.859. The summed E-state index contributed by atoms with van der Waals surface area (Å²) in [5.74, 6) is -0.708. The Balaban J connectivity index is 2.67. The monoisotopic (exact) mass is 252 g/mol. The first-order valence-electron chi connectivity index (χ1n) is 5.44. The number of carboxylic acids is 1. The first kappa shape index (κ1) is 14.0. The molecule has 1 aromatic rings. The van der Waals surface area contributed by atoms with Gasteiger partial charge in [0.15, 0.2) is 0 Å². The van der Waals surface area contributed by atoms with Crippen LogP contribution >= 0.6 is 0 Å². The summed E-state index contributed by atoms with van der Waals surface area (Å²) >= 11 is 0. The number of carboxylic acid groups (broad SMARTS) is 1. The van der Waals surface area contributed by atoms with Crippen molar-refractivity contribution < 1.29 is 19.4 Å². The van der Waals surface area contributed by atoms with Crippen LogP contribution in [0.3, 0.4) is 0 Å². The Morgan fingerprint density at radius 1 is 1.39 bits per heavy atom. The van der Waals surface area contributed by atoms with Gasteiger partial charge >= 0.3 is 12.1 Å². The van der Waals surface area contributed by atoms with Gasteiger partial charge in [0, 0.05) is 0 Å². The number of nitrogens with one attached hydrogen (secondary N) is 1. The van der Waals surface area contributed by atoms with Gasteiger partial charge in [0.25, 0.3) is 0 Å². The van der Waals surface area contributed by atoms with Crippen molar-refractivity contribution >= 4 is 17.9 Å². The number of amides is 1. The van der Waals surface area contributed by atoms with Crippen LogP contribution in [0.4, 0.5) is 10.6 Å². The van der Waals surface area contributed by atoms with Crippen molar-refractivity contribution in [3.05, 3.63) is 23.9 Å². The van der Waals surface area contributed by atoms with Gasteiger partial charge in [-0.2, -0.15) is 0 Å². The minimum absolute atomic E-state index is 0.191. The zero-order valence-corrected chi connectivity index (χ0v) is 10.6. The summed E-state index contributed by atoms with van der Waals surface area (Å²) in [6.45, 7) is 5.25. The third kappa shape index (κ3) is 5.29. The van der Waals surface area contributed by atoms with Gasteiger partial charge in [0.1, 0.15) is 11.4 Å². The normalized spacial score (nSPS) is 10.8. The Labute approximate surface area is 105 Å². The van der Waals surface area contributed by atoms with Crippen molar-refractivity contribution in [2.45, 2.75) is 32.8 Å². The van der Waals surface area contributed by atoms with Crippen molar-refractivity contribution in [3.63, 3.8) is 0 Å². The molecule has 18 heavy (non-hydrogen) atoms. The number of carbonyl (C=O) groups is 2. The second-order valence-corrected chi connectivity index (χ2v) is 4.71. The molecule has 0 atom stereocenters. The van der Waals surface area contributed by atoms with E-state index in [1.807, 2.05) is 0 Å². The molecule has 0 fully saturated rings. The molecule has 0 saturated carbocycles. The third-order valence-corrected chi connectivity index (χ3v) is 1.77. The van der Waals surface area contributed by atoms with Crippen LogP contribution < -0.4 is 5.32 Å². The maximum absolute atomic E-state index is 11.5. The average Bonchev–Trinajstić information content (AvgIpc) is 2.13. The second-order valence-electron chi connectivity index (χ2n) is 4.71. The number of carbonyl (C=O) groups excluding carboxylic acids is 1. The van der Waals surface area contributed by atoms with Gasteiger partial charge in [-0.25, -0.2) is 9.78 Å². The van der Waals surface area contributed by atoms with Gasteiger partial charge in [0.05, 0.1) is 12.1 Å². The molecule has 0 aliphatic rings. The Morgan fingerprint density at radius 3 is 2.61 bits per heavy atom. The highest BCUT2D eigenvalue weighted by atomic mass is 16.6. The number of hydrogen-bond acceptors (Lipinski definition) is 4. The van der Waals surface area contributed by atoms with Crippen LogP contribution in [-0.4, -0.2) is 27.8 Å². The lowest BCUT2D eigenvalue weighted by atomic mass is 10.2. The number of aliphatic carboxylic acids is 1. The summed E-state index contributed by atoms with van der Waals surface area (Å²) in [4.78, 5) is 26.0. The summed E-state index contributed by atoms with van der Waals surface area (Å²) in [7, 11) is 0. The average molecular weight is 252 g/mol. The molecule has 0 bridgehead atoms. The van der Waals surface area contributed by atoms with E-state index < -0.39 is 17.7 Å². The molecule has 0 saturated heterocycles. The SMILES string of the molecule is CC(C)(C)OC(=O)Nc1cccc(CC(=O)O)n1. The highest BCUT2D eigenvalue weighted by Gasteiger charge is 2.16. The molecular formula is C12H16N2O4. The number of anilines is 1. The molecule has 98 valence electrons. The Kier molecular flexibility index (Phi) is 4.25. The fourth-order valence-electron chi connectivity index (χ4n) is 1.21. The molecule has 6 nitrogen and oxygen atoms in total. The van der Waals surface area contributed by atoms with E-state index in [4.69, 9.17) is 9.84 Å². The van der Waals surface area contributed by atoms with E-state index in [0.717, 1.165) is 0 Å². The van der Waals surface area contributed by atoms with Crippen LogP contribution in [-0.2, 0) is 16.0 Å². The number of aromatic nitrogens is 1. The Bertz CT molecular complexity index is 452. The molecule has 2 N–H and O–H groups in total. The predicted octanol–water partition coefficient (Wildman–Crippen LogP) is 2.06. The first-order chi connectivity index (χ1) is 8.26. The molecule has 1 aromatic heterocycles. The molecule has 0 aromatic carbocycles. The molecule has 6 heteroatoms. The minimum Gasteiger partial charge on any atom is -0.481 e. The summed E-state index contributed by atoms with van der Waals surface area (Å²) in [6.07, 6.45) is -0.813. The zero-order chi connectivity index (χ0) is 13.8. The summed E-state index contributed by atoms with van der Waals surface area (Å²) in [6, 6.07) is 4.77. The van der Waals surface area contributed by atoms with Crippen molar-refractivity contribution in [3.8, 4) is 0 Å². The van der Waals surface area contributed by atoms with E-state index >= 15 is 0 Å². The molecule has 0 spiro atoms.